The summed E-state index contributed by atoms with van der Waals surface area (Å²) >= 11 is 3.39. The molecule has 2 amide bonds. The van der Waals surface area contributed by atoms with E-state index in [1.54, 1.807) is 25.5 Å². The number of rotatable bonds is 5. The van der Waals surface area contributed by atoms with Gasteiger partial charge in [-0.3, -0.25) is 10.1 Å². The highest BCUT2D eigenvalue weighted by molar-refractivity contribution is 9.10. The van der Waals surface area contributed by atoms with E-state index >= 15 is 0 Å². The summed E-state index contributed by atoms with van der Waals surface area (Å²) in [7, 11) is 1.49. The van der Waals surface area contributed by atoms with E-state index < -0.39 is 17.6 Å². The van der Waals surface area contributed by atoms with Gasteiger partial charge < -0.3 is 9.64 Å². The maximum Gasteiger partial charge on any atom is 0.410 e. The number of ether oxygens (including phenoxy) is 1. The van der Waals surface area contributed by atoms with Crippen molar-refractivity contribution in [3.8, 4) is 0 Å². The zero-order chi connectivity index (χ0) is 19.3. The highest BCUT2D eigenvalue weighted by Crippen LogP contribution is 2.12. The highest BCUT2D eigenvalue weighted by Gasteiger charge is 2.21. The highest BCUT2D eigenvalue weighted by atomic mass is 79.9. The molecular weight excluding hydrogens is 402 g/mol. The molecule has 8 nitrogen and oxygen atoms in total. The molecule has 1 aromatic heterocycles. The Balaban J connectivity index is 1.87. The SMILES string of the molecule is CN(CC(=O)Nc1ncn(Cc2ccc(Br)cc2)n1)C(=O)OC(C)(C)C. The molecule has 0 radical (unpaired) electrons. The number of benzene rings is 1. The zero-order valence-electron chi connectivity index (χ0n) is 15.2. The first-order valence-electron chi connectivity index (χ1n) is 8.00. The van der Waals surface area contributed by atoms with Crippen molar-refractivity contribution in [2.45, 2.75) is 32.9 Å². The van der Waals surface area contributed by atoms with E-state index in [1.807, 2.05) is 24.3 Å². The third kappa shape index (κ3) is 6.47. The van der Waals surface area contributed by atoms with E-state index in [2.05, 4.69) is 31.3 Å². The Morgan fingerprint density at radius 3 is 2.54 bits per heavy atom. The van der Waals surface area contributed by atoms with Crippen molar-refractivity contribution < 1.29 is 14.3 Å². The van der Waals surface area contributed by atoms with Crippen molar-refractivity contribution in [3.05, 3.63) is 40.6 Å². The molecule has 1 N–H and O–H groups in total. The van der Waals surface area contributed by atoms with Crippen LogP contribution in [-0.2, 0) is 16.1 Å². The van der Waals surface area contributed by atoms with Gasteiger partial charge in [0.2, 0.25) is 11.9 Å². The van der Waals surface area contributed by atoms with Crippen LogP contribution in [0.1, 0.15) is 26.3 Å². The van der Waals surface area contributed by atoms with Crippen LogP contribution in [-0.4, -0.2) is 50.9 Å². The van der Waals surface area contributed by atoms with Crippen molar-refractivity contribution in [1.82, 2.24) is 19.7 Å². The molecule has 0 spiro atoms. The Bertz CT molecular complexity index is 767. The first-order valence-corrected chi connectivity index (χ1v) is 8.79. The number of nitrogens with one attached hydrogen (secondary N) is 1. The maximum absolute atomic E-state index is 12.0. The van der Waals surface area contributed by atoms with E-state index in [-0.39, 0.29) is 12.5 Å². The standard InChI is InChI=1S/C17H22BrN5O3/c1-17(2,3)26-16(25)22(4)10-14(24)20-15-19-11-23(21-15)9-12-5-7-13(18)8-6-12/h5-8,11H,9-10H2,1-4H3,(H,20,21,24). The van der Waals surface area contributed by atoms with E-state index in [0.717, 1.165) is 10.0 Å². The van der Waals surface area contributed by atoms with Gasteiger partial charge in [0.25, 0.3) is 0 Å². The summed E-state index contributed by atoms with van der Waals surface area (Å²) in [5.41, 5.74) is 0.440. The molecule has 0 saturated carbocycles. The van der Waals surface area contributed by atoms with Crippen LogP contribution in [0.2, 0.25) is 0 Å². The number of carbonyl (C=O) groups excluding carboxylic acids is 2. The average molecular weight is 424 g/mol. The second-order valence-corrected chi connectivity index (χ2v) is 7.69. The van der Waals surface area contributed by atoms with Crippen molar-refractivity contribution in [1.29, 1.82) is 0 Å². The fourth-order valence-electron chi connectivity index (χ4n) is 1.99. The molecule has 9 heteroatoms. The van der Waals surface area contributed by atoms with Crippen LogP contribution in [0.25, 0.3) is 0 Å². The van der Waals surface area contributed by atoms with Gasteiger partial charge >= 0.3 is 6.09 Å². The number of halogens is 1. The molecule has 0 aliphatic rings. The van der Waals surface area contributed by atoms with Gasteiger partial charge in [-0.25, -0.2) is 14.5 Å². The number of amides is 2. The number of likely N-dealkylation sites (N-methyl/N-ethyl adjacent to an activating group) is 1. The lowest BCUT2D eigenvalue weighted by molar-refractivity contribution is -0.117. The fraction of sp³-hybridized carbons (Fsp3) is 0.412. The number of aromatic nitrogens is 3. The average Bonchev–Trinajstić information content (AvgIpc) is 2.94. The maximum atomic E-state index is 12.0. The van der Waals surface area contributed by atoms with Gasteiger partial charge in [-0.1, -0.05) is 28.1 Å². The van der Waals surface area contributed by atoms with Gasteiger partial charge in [-0.2, -0.15) is 0 Å². The van der Waals surface area contributed by atoms with Crippen molar-refractivity contribution in [2.24, 2.45) is 0 Å². The van der Waals surface area contributed by atoms with Gasteiger partial charge in [-0.15, -0.1) is 5.10 Å². The van der Waals surface area contributed by atoms with Gasteiger partial charge in [0.05, 0.1) is 6.54 Å². The molecule has 0 fully saturated rings. The van der Waals surface area contributed by atoms with Crippen LogP contribution in [0.15, 0.2) is 35.1 Å². The summed E-state index contributed by atoms with van der Waals surface area (Å²) in [6.07, 6.45) is 0.969. The second-order valence-electron chi connectivity index (χ2n) is 6.78. The number of carbonyl (C=O) groups is 2. The molecule has 0 bridgehead atoms. The zero-order valence-corrected chi connectivity index (χ0v) is 16.8. The minimum absolute atomic E-state index is 0.157. The van der Waals surface area contributed by atoms with Crippen LogP contribution < -0.4 is 5.32 Å². The molecule has 1 heterocycles. The fourth-order valence-corrected chi connectivity index (χ4v) is 2.25. The molecule has 0 aliphatic heterocycles. The topological polar surface area (TPSA) is 89.4 Å². The van der Waals surface area contributed by atoms with Crippen molar-refractivity contribution in [2.75, 3.05) is 18.9 Å². The van der Waals surface area contributed by atoms with Crippen LogP contribution in [0.5, 0.6) is 0 Å². The van der Waals surface area contributed by atoms with E-state index in [0.29, 0.717) is 6.54 Å². The van der Waals surface area contributed by atoms with Crippen molar-refractivity contribution in [3.63, 3.8) is 0 Å². The van der Waals surface area contributed by atoms with Crippen LogP contribution in [0.4, 0.5) is 10.7 Å². The monoisotopic (exact) mass is 423 g/mol. The first kappa shape index (κ1) is 19.9. The van der Waals surface area contributed by atoms with Crippen molar-refractivity contribution >= 4 is 33.9 Å². The minimum Gasteiger partial charge on any atom is -0.444 e. The summed E-state index contributed by atoms with van der Waals surface area (Å²) in [4.78, 5) is 29.2. The lowest BCUT2D eigenvalue weighted by atomic mass is 10.2. The largest absolute Gasteiger partial charge is 0.444 e. The molecule has 26 heavy (non-hydrogen) atoms. The van der Waals surface area contributed by atoms with Gasteiger partial charge in [0.15, 0.2) is 0 Å². The van der Waals surface area contributed by atoms with Crippen LogP contribution in [0.3, 0.4) is 0 Å². The summed E-state index contributed by atoms with van der Waals surface area (Å²) < 4.78 is 7.82. The van der Waals surface area contributed by atoms with E-state index in [4.69, 9.17) is 4.74 Å². The molecule has 0 aliphatic carbocycles. The summed E-state index contributed by atoms with van der Waals surface area (Å²) in [5, 5.41) is 6.77. The Hall–Kier alpha value is -2.42. The predicted octanol–water partition coefficient (Wildman–Crippen LogP) is 2.89. The summed E-state index contributed by atoms with van der Waals surface area (Å²) in [5.74, 6) is -0.218. The molecule has 0 atom stereocenters. The van der Waals surface area contributed by atoms with E-state index in [1.165, 1.54) is 18.3 Å². The van der Waals surface area contributed by atoms with Crippen LogP contribution in [0, 0.1) is 0 Å². The Morgan fingerprint density at radius 2 is 1.92 bits per heavy atom. The molecular formula is C17H22BrN5O3. The van der Waals surface area contributed by atoms with Crippen LogP contribution >= 0.6 is 15.9 Å². The third-order valence-electron chi connectivity index (χ3n) is 3.13. The second kappa shape index (κ2) is 8.31. The first-order chi connectivity index (χ1) is 12.1. The lowest BCUT2D eigenvalue weighted by Gasteiger charge is -2.24. The molecule has 0 unspecified atom stereocenters. The van der Waals surface area contributed by atoms with E-state index in [9.17, 15) is 9.59 Å². The molecule has 2 rings (SSSR count). The number of hydrogen-bond donors (Lipinski definition) is 1. The minimum atomic E-state index is -0.616. The molecule has 140 valence electrons. The smallest absolute Gasteiger partial charge is 0.410 e. The van der Waals surface area contributed by atoms with Gasteiger partial charge in [-0.05, 0) is 38.5 Å². The van der Waals surface area contributed by atoms with Gasteiger partial charge in [0, 0.05) is 11.5 Å². The number of anilines is 1. The Kier molecular flexibility index (Phi) is 6.36. The lowest BCUT2D eigenvalue weighted by Crippen LogP contribution is -2.38. The predicted molar refractivity (Wildman–Crippen MR) is 101 cm³/mol. The summed E-state index contributed by atoms with van der Waals surface area (Å²) in [6.45, 7) is 5.67. The Morgan fingerprint density at radius 1 is 1.27 bits per heavy atom. The van der Waals surface area contributed by atoms with Gasteiger partial charge in [0.1, 0.15) is 18.5 Å². The summed E-state index contributed by atoms with van der Waals surface area (Å²) in [6, 6.07) is 7.84. The Labute approximate surface area is 160 Å². The number of hydrogen-bond acceptors (Lipinski definition) is 5. The quantitative estimate of drug-likeness (QED) is 0.798. The third-order valence-corrected chi connectivity index (χ3v) is 3.66. The molecule has 2 aromatic rings. The molecule has 1 aromatic carbocycles. The number of nitrogens with zero attached hydrogens (tertiary/aromatic N) is 4. The molecule has 0 saturated heterocycles. The normalized spacial score (nSPS) is 11.1.